The third kappa shape index (κ3) is 2.75. The van der Waals surface area contributed by atoms with E-state index in [-0.39, 0.29) is 0 Å². The lowest BCUT2D eigenvalue weighted by atomic mass is 10.1. The monoisotopic (exact) mass is 284 g/mol. The van der Waals surface area contributed by atoms with Gasteiger partial charge in [0.25, 0.3) is 0 Å². The van der Waals surface area contributed by atoms with Crippen LogP contribution in [0.3, 0.4) is 0 Å². The summed E-state index contributed by atoms with van der Waals surface area (Å²) in [7, 11) is -1.60. The summed E-state index contributed by atoms with van der Waals surface area (Å²) in [4.78, 5) is 0.424. The maximum atomic E-state index is 12.7. The number of aryl methyl sites for hydroxylation is 2. The van der Waals surface area contributed by atoms with Gasteiger partial charge < -0.3 is 10.1 Å². The van der Waals surface area contributed by atoms with Gasteiger partial charge in [0.2, 0.25) is 10.0 Å². The molecule has 0 bridgehead atoms. The van der Waals surface area contributed by atoms with E-state index >= 15 is 0 Å². The molecule has 6 heteroatoms. The van der Waals surface area contributed by atoms with E-state index in [0.717, 1.165) is 16.8 Å². The largest absolute Gasteiger partial charge is 0.388 e. The van der Waals surface area contributed by atoms with Crippen molar-refractivity contribution < 1.29 is 13.2 Å². The van der Waals surface area contributed by atoms with Crippen molar-refractivity contribution in [1.29, 1.82) is 0 Å². The first-order valence-corrected chi connectivity index (χ1v) is 7.77. The summed E-state index contributed by atoms with van der Waals surface area (Å²) in [6, 6.07) is 3.72. The van der Waals surface area contributed by atoms with E-state index in [1.54, 1.807) is 0 Å². The first-order chi connectivity index (χ1) is 8.96. The van der Waals surface area contributed by atoms with E-state index in [2.05, 4.69) is 5.32 Å². The van der Waals surface area contributed by atoms with Crippen molar-refractivity contribution in [2.75, 3.05) is 38.7 Å². The SMILES string of the molecule is CNc1cc(C)c(S(=O)(=O)N2CCOCC2)c(C)c1. The van der Waals surface area contributed by atoms with Crippen LogP contribution in [-0.2, 0) is 14.8 Å². The molecule has 1 aliphatic heterocycles. The molecule has 1 saturated heterocycles. The average molecular weight is 284 g/mol. The van der Waals surface area contributed by atoms with Crippen LogP contribution in [0.1, 0.15) is 11.1 Å². The second-order valence-corrected chi connectivity index (χ2v) is 6.58. The fourth-order valence-electron chi connectivity index (χ4n) is 2.42. The highest BCUT2D eigenvalue weighted by Gasteiger charge is 2.29. The minimum absolute atomic E-state index is 0.424. The van der Waals surface area contributed by atoms with Gasteiger partial charge in [-0.15, -0.1) is 0 Å². The summed E-state index contributed by atoms with van der Waals surface area (Å²) < 4.78 is 32.1. The van der Waals surface area contributed by atoms with Crippen LogP contribution < -0.4 is 5.32 Å². The van der Waals surface area contributed by atoms with Crippen LogP contribution in [0.5, 0.6) is 0 Å². The van der Waals surface area contributed by atoms with E-state index in [1.165, 1.54) is 4.31 Å². The van der Waals surface area contributed by atoms with Gasteiger partial charge in [-0.1, -0.05) is 0 Å². The Morgan fingerprint density at radius 1 is 1.16 bits per heavy atom. The van der Waals surface area contributed by atoms with Crippen LogP contribution in [0.2, 0.25) is 0 Å². The number of hydrogen-bond donors (Lipinski definition) is 1. The Morgan fingerprint density at radius 2 is 1.68 bits per heavy atom. The average Bonchev–Trinajstić information content (AvgIpc) is 2.38. The lowest BCUT2D eigenvalue weighted by Gasteiger charge is -2.27. The highest BCUT2D eigenvalue weighted by atomic mass is 32.2. The molecule has 0 aliphatic carbocycles. The zero-order chi connectivity index (χ0) is 14.0. The topological polar surface area (TPSA) is 58.6 Å². The molecule has 0 atom stereocenters. The number of anilines is 1. The van der Waals surface area contributed by atoms with E-state index < -0.39 is 10.0 Å². The van der Waals surface area contributed by atoms with Gasteiger partial charge in [0.05, 0.1) is 18.1 Å². The molecule has 0 aromatic heterocycles. The Kier molecular flexibility index (Phi) is 4.13. The minimum atomic E-state index is -3.42. The maximum absolute atomic E-state index is 12.7. The summed E-state index contributed by atoms with van der Waals surface area (Å²) >= 11 is 0. The second kappa shape index (κ2) is 5.48. The summed E-state index contributed by atoms with van der Waals surface area (Å²) in [6.07, 6.45) is 0. The van der Waals surface area contributed by atoms with Crippen molar-refractivity contribution in [3.8, 4) is 0 Å². The molecule has 1 aliphatic rings. The molecular formula is C13H20N2O3S. The standard InChI is InChI=1S/C13H20N2O3S/c1-10-8-12(14-3)9-11(2)13(10)19(16,17)15-4-6-18-7-5-15/h8-9,14H,4-7H2,1-3H3. The number of benzene rings is 1. The molecule has 1 aromatic carbocycles. The molecule has 0 radical (unpaired) electrons. The van der Waals surface area contributed by atoms with Crippen molar-refractivity contribution >= 4 is 15.7 Å². The molecule has 0 spiro atoms. The van der Waals surface area contributed by atoms with Crippen molar-refractivity contribution in [2.24, 2.45) is 0 Å². The molecular weight excluding hydrogens is 264 g/mol. The molecule has 2 rings (SSSR count). The van der Waals surface area contributed by atoms with Gasteiger partial charge in [-0.05, 0) is 37.1 Å². The zero-order valence-electron chi connectivity index (χ0n) is 11.6. The quantitative estimate of drug-likeness (QED) is 0.910. The van der Waals surface area contributed by atoms with Crippen molar-refractivity contribution in [2.45, 2.75) is 18.7 Å². The minimum Gasteiger partial charge on any atom is -0.388 e. The number of morpholine rings is 1. The van der Waals surface area contributed by atoms with E-state index in [0.29, 0.717) is 31.2 Å². The molecule has 5 nitrogen and oxygen atoms in total. The van der Waals surface area contributed by atoms with Crippen molar-refractivity contribution in [1.82, 2.24) is 4.31 Å². The highest BCUT2D eigenvalue weighted by molar-refractivity contribution is 7.89. The normalized spacial score (nSPS) is 17.4. The summed E-state index contributed by atoms with van der Waals surface area (Å²) in [5.74, 6) is 0. The van der Waals surface area contributed by atoms with Crippen LogP contribution in [0.25, 0.3) is 0 Å². The Labute approximate surface area is 114 Å². The third-order valence-corrected chi connectivity index (χ3v) is 5.52. The fourth-order valence-corrected chi connectivity index (χ4v) is 4.24. The molecule has 0 amide bonds. The second-order valence-electron chi connectivity index (χ2n) is 4.71. The van der Waals surface area contributed by atoms with Crippen LogP contribution in [-0.4, -0.2) is 46.1 Å². The predicted octanol–water partition coefficient (Wildman–Crippen LogP) is 1.37. The molecule has 0 saturated carbocycles. The third-order valence-electron chi connectivity index (χ3n) is 3.32. The van der Waals surface area contributed by atoms with Crippen molar-refractivity contribution in [3.05, 3.63) is 23.3 Å². The van der Waals surface area contributed by atoms with Gasteiger partial charge in [-0.2, -0.15) is 4.31 Å². The predicted molar refractivity (Wildman–Crippen MR) is 75.0 cm³/mol. The Balaban J connectivity index is 2.45. The first-order valence-electron chi connectivity index (χ1n) is 6.33. The van der Waals surface area contributed by atoms with Gasteiger partial charge in [0.1, 0.15) is 0 Å². The highest BCUT2D eigenvalue weighted by Crippen LogP contribution is 2.27. The first kappa shape index (κ1) is 14.3. The maximum Gasteiger partial charge on any atom is 0.243 e. The van der Waals surface area contributed by atoms with Gasteiger partial charge in [0.15, 0.2) is 0 Å². The summed E-state index contributed by atoms with van der Waals surface area (Å²) in [5.41, 5.74) is 2.47. The van der Waals surface area contributed by atoms with Crippen LogP contribution in [0.4, 0.5) is 5.69 Å². The molecule has 106 valence electrons. The molecule has 1 N–H and O–H groups in total. The van der Waals surface area contributed by atoms with Crippen LogP contribution in [0, 0.1) is 13.8 Å². The Morgan fingerprint density at radius 3 is 2.16 bits per heavy atom. The fraction of sp³-hybridized carbons (Fsp3) is 0.538. The van der Waals surface area contributed by atoms with Gasteiger partial charge in [-0.3, -0.25) is 0 Å². The number of sulfonamides is 1. The number of rotatable bonds is 3. The number of ether oxygens (including phenoxy) is 1. The van der Waals surface area contributed by atoms with Gasteiger partial charge >= 0.3 is 0 Å². The Bertz CT molecular complexity index is 540. The molecule has 1 aromatic rings. The van der Waals surface area contributed by atoms with Crippen LogP contribution in [0.15, 0.2) is 17.0 Å². The summed E-state index contributed by atoms with van der Waals surface area (Å²) in [5, 5.41) is 3.04. The lowest BCUT2D eigenvalue weighted by molar-refractivity contribution is 0.0730. The summed E-state index contributed by atoms with van der Waals surface area (Å²) in [6.45, 7) is 5.45. The Hall–Kier alpha value is -1.11. The lowest BCUT2D eigenvalue weighted by Crippen LogP contribution is -2.41. The molecule has 19 heavy (non-hydrogen) atoms. The smallest absolute Gasteiger partial charge is 0.243 e. The van der Waals surface area contributed by atoms with Crippen molar-refractivity contribution in [3.63, 3.8) is 0 Å². The molecule has 1 heterocycles. The van der Waals surface area contributed by atoms with E-state index in [4.69, 9.17) is 4.74 Å². The number of nitrogens with zero attached hydrogens (tertiary/aromatic N) is 1. The van der Waals surface area contributed by atoms with Gasteiger partial charge in [0, 0.05) is 25.8 Å². The van der Waals surface area contributed by atoms with E-state index in [9.17, 15) is 8.42 Å². The molecule has 0 unspecified atom stereocenters. The zero-order valence-corrected chi connectivity index (χ0v) is 12.4. The number of hydrogen-bond acceptors (Lipinski definition) is 4. The van der Waals surface area contributed by atoms with E-state index in [1.807, 2.05) is 33.0 Å². The van der Waals surface area contributed by atoms with Crippen LogP contribution >= 0.6 is 0 Å². The number of nitrogens with one attached hydrogen (secondary N) is 1. The van der Waals surface area contributed by atoms with Gasteiger partial charge in [-0.25, -0.2) is 8.42 Å². The molecule has 1 fully saturated rings.